The Morgan fingerprint density at radius 1 is 0.882 bits per heavy atom. The number of nitro groups is 3. The van der Waals surface area contributed by atoms with Crippen molar-refractivity contribution in [3.63, 3.8) is 0 Å². The van der Waals surface area contributed by atoms with Gasteiger partial charge >= 0.3 is 11.7 Å². The van der Waals surface area contributed by atoms with Gasteiger partial charge in [0.15, 0.2) is 0 Å². The van der Waals surface area contributed by atoms with Crippen LogP contribution in [-0.2, 0) is 0 Å². The van der Waals surface area contributed by atoms with Crippen LogP contribution in [0.1, 0.15) is 21.5 Å². The Bertz CT molecular complexity index is 1320. The van der Waals surface area contributed by atoms with Gasteiger partial charge in [0.2, 0.25) is 0 Å². The first-order valence-corrected chi connectivity index (χ1v) is 9.45. The average molecular weight is 465 g/mol. The number of hydrogen-bond donors (Lipinski definition) is 1. The second-order valence-electron chi connectivity index (χ2n) is 6.80. The van der Waals surface area contributed by atoms with Gasteiger partial charge in [-0.25, -0.2) is 4.79 Å². The molecule has 0 saturated heterocycles. The third-order valence-electron chi connectivity index (χ3n) is 4.51. The van der Waals surface area contributed by atoms with Gasteiger partial charge in [-0.05, 0) is 55.0 Å². The first-order chi connectivity index (χ1) is 16.2. The minimum Gasteiger partial charge on any atom is -0.423 e. The molecule has 0 atom stereocenters. The van der Waals surface area contributed by atoms with Crippen LogP contribution in [0, 0.1) is 37.3 Å². The molecule has 13 heteroatoms. The van der Waals surface area contributed by atoms with Crippen molar-refractivity contribution in [1.29, 1.82) is 0 Å². The Hall–Kier alpha value is -5.20. The standard InChI is InChI=1S/C21H15N5O8/c1-13-10-15(4-9-19(13)25(30)31)21(27)34-17-6-2-14(3-7-17)12-22-23-18-8-5-16(24(28)29)11-20(18)26(32)33/h2-12,23H,1H3/b22-12-. The summed E-state index contributed by atoms with van der Waals surface area (Å²) in [6, 6.07) is 13.1. The molecule has 0 bridgehead atoms. The monoisotopic (exact) mass is 465 g/mol. The van der Waals surface area contributed by atoms with Gasteiger partial charge in [0.25, 0.3) is 11.4 Å². The number of aryl methyl sites for hydroxylation is 1. The van der Waals surface area contributed by atoms with Crippen LogP contribution in [0.4, 0.5) is 22.7 Å². The third kappa shape index (κ3) is 5.53. The summed E-state index contributed by atoms with van der Waals surface area (Å²) >= 11 is 0. The van der Waals surface area contributed by atoms with Crippen LogP contribution in [-0.4, -0.2) is 27.0 Å². The molecule has 0 fully saturated rings. The summed E-state index contributed by atoms with van der Waals surface area (Å²) in [4.78, 5) is 43.1. The van der Waals surface area contributed by atoms with E-state index in [2.05, 4.69) is 10.5 Å². The topological polar surface area (TPSA) is 180 Å². The molecule has 0 unspecified atom stereocenters. The molecule has 34 heavy (non-hydrogen) atoms. The highest BCUT2D eigenvalue weighted by atomic mass is 16.6. The van der Waals surface area contributed by atoms with Crippen molar-refractivity contribution in [3.05, 3.63) is 108 Å². The Kier molecular flexibility index (Phi) is 6.87. The molecule has 3 aromatic rings. The quantitative estimate of drug-likeness (QED) is 0.166. The number of ether oxygens (including phenoxy) is 1. The number of nitrogens with zero attached hydrogens (tertiary/aromatic N) is 4. The fourth-order valence-corrected chi connectivity index (χ4v) is 2.83. The highest BCUT2D eigenvalue weighted by molar-refractivity contribution is 5.91. The molecule has 0 aliphatic rings. The van der Waals surface area contributed by atoms with Crippen LogP contribution < -0.4 is 10.2 Å². The van der Waals surface area contributed by atoms with E-state index in [1.807, 2.05) is 0 Å². The molecule has 3 rings (SSSR count). The molecular formula is C21H15N5O8. The molecule has 0 amide bonds. The first kappa shape index (κ1) is 23.5. The van der Waals surface area contributed by atoms with E-state index < -0.39 is 32.1 Å². The zero-order chi connectivity index (χ0) is 24.8. The van der Waals surface area contributed by atoms with E-state index in [9.17, 15) is 35.1 Å². The van der Waals surface area contributed by atoms with Gasteiger partial charge in [-0.1, -0.05) is 0 Å². The summed E-state index contributed by atoms with van der Waals surface area (Å²) in [5.41, 5.74) is 2.45. The van der Waals surface area contributed by atoms with Gasteiger partial charge in [0, 0.05) is 17.7 Å². The lowest BCUT2D eigenvalue weighted by atomic mass is 10.1. The first-order valence-electron chi connectivity index (χ1n) is 9.45. The molecule has 0 aliphatic carbocycles. The van der Waals surface area contributed by atoms with Gasteiger partial charge in [0.1, 0.15) is 11.4 Å². The molecule has 0 radical (unpaired) electrons. The Balaban J connectivity index is 1.66. The predicted molar refractivity (Wildman–Crippen MR) is 120 cm³/mol. The molecule has 0 heterocycles. The highest BCUT2D eigenvalue weighted by Gasteiger charge is 2.19. The maximum Gasteiger partial charge on any atom is 0.343 e. The summed E-state index contributed by atoms with van der Waals surface area (Å²) < 4.78 is 5.26. The summed E-state index contributed by atoms with van der Waals surface area (Å²) in [5, 5.41) is 36.7. The fraction of sp³-hybridized carbons (Fsp3) is 0.0476. The highest BCUT2D eigenvalue weighted by Crippen LogP contribution is 2.29. The lowest BCUT2D eigenvalue weighted by Gasteiger charge is -2.06. The van der Waals surface area contributed by atoms with E-state index in [1.54, 1.807) is 12.1 Å². The lowest BCUT2D eigenvalue weighted by Crippen LogP contribution is -2.09. The summed E-state index contributed by atoms with van der Waals surface area (Å²) in [6.07, 6.45) is 1.34. The zero-order valence-corrected chi connectivity index (χ0v) is 17.4. The Morgan fingerprint density at radius 3 is 2.15 bits per heavy atom. The number of esters is 1. The number of hydrazone groups is 1. The largest absolute Gasteiger partial charge is 0.423 e. The van der Waals surface area contributed by atoms with E-state index in [0.29, 0.717) is 11.1 Å². The predicted octanol–water partition coefficient (Wildman–Crippen LogP) is 4.38. The zero-order valence-electron chi connectivity index (χ0n) is 17.4. The second kappa shape index (κ2) is 9.95. The van der Waals surface area contributed by atoms with Crippen molar-refractivity contribution in [1.82, 2.24) is 0 Å². The number of nitrogens with one attached hydrogen (secondary N) is 1. The minimum atomic E-state index is -0.763. The van der Waals surface area contributed by atoms with Gasteiger partial charge in [0.05, 0.1) is 32.6 Å². The van der Waals surface area contributed by atoms with Crippen molar-refractivity contribution in [2.75, 3.05) is 5.43 Å². The van der Waals surface area contributed by atoms with Gasteiger partial charge < -0.3 is 4.74 Å². The van der Waals surface area contributed by atoms with Crippen LogP contribution >= 0.6 is 0 Å². The number of nitro benzene ring substituents is 3. The van der Waals surface area contributed by atoms with Crippen molar-refractivity contribution in [2.24, 2.45) is 5.10 Å². The molecule has 1 N–H and O–H groups in total. The maximum atomic E-state index is 12.3. The van der Waals surface area contributed by atoms with Gasteiger partial charge in [-0.2, -0.15) is 5.10 Å². The van der Waals surface area contributed by atoms with Crippen LogP contribution in [0.25, 0.3) is 0 Å². The summed E-state index contributed by atoms with van der Waals surface area (Å²) in [7, 11) is 0. The number of carbonyl (C=O) groups is 1. The van der Waals surface area contributed by atoms with Crippen molar-refractivity contribution < 1.29 is 24.3 Å². The summed E-state index contributed by atoms with van der Waals surface area (Å²) in [5.74, 6) is -0.469. The number of carbonyl (C=O) groups excluding carboxylic acids is 1. The molecule has 13 nitrogen and oxygen atoms in total. The number of non-ortho nitro benzene ring substituents is 1. The fourth-order valence-electron chi connectivity index (χ4n) is 2.83. The SMILES string of the molecule is Cc1cc(C(=O)Oc2ccc(/C=N\Nc3ccc([N+](=O)[O-])cc3[N+](=O)[O-])cc2)ccc1[N+](=O)[O-]. The van der Waals surface area contributed by atoms with E-state index >= 15 is 0 Å². The van der Waals surface area contributed by atoms with Crippen molar-refractivity contribution in [3.8, 4) is 5.75 Å². The Morgan fingerprint density at radius 2 is 1.56 bits per heavy atom. The molecule has 172 valence electrons. The number of anilines is 1. The minimum absolute atomic E-state index is 0.0317. The Labute approximate surface area is 190 Å². The molecule has 0 aromatic heterocycles. The van der Waals surface area contributed by atoms with Crippen molar-refractivity contribution in [2.45, 2.75) is 6.92 Å². The van der Waals surface area contributed by atoms with Crippen LogP contribution in [0.2, 0.25) is 0 Å². The van der Waals surface area contributed by atoms with E-state index in [0.717, 1.165) is 12.1 Å². The smallest absolute Gasteiger partial charge is 0.343 e. The van der Waals surface area contributed by atoms with Crippen LogP contribution in [0.3, 0.4) is 0 Å². The second-order valence-corrected chi connectivity index (χ2v) is 6.80. The lowest BCUT2D eigenvalue weighted by molar-refractivity contribution is -0.393. The van der Waals surface area contributed by atoms with Crippen LogP contribution in [0.5, 0.6) is 5.75 Å². The molecule has 0 spiro atoms. The average Bonchev–Trinajstić information content (AvgIpc) is 2.79. The number of hydrogen-bond acceptors (Lipinski definition) is 10. The molecular weight excluding hydrogens is 450 g/mol. The third-order valence-corrected chi connectivity index (χ3v) is 4.51. The van der Waals surface area contributed by atoms with Gasteiger partial charge in [-0.15, -0.1) is 0 Å². The number of benzene rings is 3. The normalized spacial score (nSPS) is 10.6. The van der Waals surface area contributed by atoms with Gasteiger partial charge in [-0.3, -0.25) is 35.8 Å². The van der Waals surface area contributed by atoms with Crippen molar-refractivity contribution >= 4 is 34.9 Å². The molecule has 0 aliphatic heterocycles. The van der Waals surface area contributed by atoms with E-state index in [4.69, 9.17) is 4.74 Å². The summed E-state index contributed by atoms with van der Waals surface area (Å²) in [6.45, 7) is 1.52. The molecule has 0 saturated carbocycles. The van der Waals surface area contributed by atoms with E-state index in [-0.39, 0.29) is 22.7 Å². The molecule has 3 aromatic carbocycles. The maximum absolute atomic E-state index is 12.3. The van der Waals surface area contributed by atoms with Crippen LogP contribution in [0.15, 0.2) is 65.8 Å². The van der Waals surface area contributed by atoms with E-state index in [1.165, 1.54) is 49.5 Å². The number of rotatable bonds is 8.